The Labute approximate surface area is 260 Å². The van der Waals surface area contributed by atoms with Crippen LogP contribution < -0.4 is 15.7 Å². The maximum atomic E-state index is 14.1. The van der Waals surface area contributed by atoms with Gasteiger partial charge in [-0.05, 0) is 83.4 Å². The van der Waals surface area contributed by atoms with Crippen LogP contribution in [0.3, 0.4) is 0 Å². The number of benzene rings is 1. The van der Waals surface area contributed by atoms with Gasteiger partial charge in [0, 0.05) is 49.4 Å². The molecular weight excluding hydrogens is 589 g/mol. The molecule has 244 valence electrons. The zero-order chi connectivity index (χ0) is 32.7. The fraction of sp³-hybridized carbons (Fsp3) is 0.562. The van der Waals surface area contributed by atoms with Crippen molar-refractivity contribution in [3.63, 3.8) is 0 Å². The van der Waals surface area contributed by atoms with E-state index in [1.165, 1.54) is 10.9 Å². The molecule has 0 unspecified atom stereocenters. The Kier molecular flexibility index (Phi) is 8.92. The number of hydrogen-bond donors (Lipinski definition) is 2. The number of nitrogens with one attached hydrogen (secondary N) is 2. The smallest absolute Gasteiger partial charge is 0.435 e. The first-order valence-corrected chi connectivity index (χ1v) is 15.4. The van der Waals surface area contributed by atoms with Gasteiger partial charge in [0.05, 0.1) is 24.6 Å². The monoisotopic (exact) mass is 630 g/mol. The summed E-state index contributed by atoms with van der Waals surface area (Å²) in [5.41, 5.74) is -0.552. The predicted molar refractivity (Wildman–Crippen MR) is 160 cm³/mol. The molecule has 2 aromatic heterocycles. The number of imidazole rings is 1. The van der Waals surface area contributed by atoms with E-state index in [1.807, 2.05) is 20.8 Å². The van der Waals surface area contributed by atoms with E-state index in [0.717, 1.165) is 25.7 Å². The molecule has 3 aromatic rings. The maximum absolute atomic E-state index is 14.1. The minimum absolute atomic E-state index is 0.00419. The zero-order valence-corrected chi connectivity index (χ0v) is 26.3. The van der Waals surface area contributed by atoms with E-state index >= 15 is 0 Å². The van der Waals surface area contributed by atoms with Crippen molar-refractivity contribution < 1.29 is 32.2 Å². The summed E-state index contributed by atoms with van der Waals surface area (Å²) >= 11 is 0. The number of carbonyl (C=O) groups is 2. The summed E-state index contributed by atoms with van der Waals surface area (Å²) in [6, 6.07) is 3.30. The normalized spacial score (nSPS) is 20.4. The third-order valence-corrected chi connectivity index (χ3v) is 8.47. The Morgan fingerprint density at radius 3 is 2.40 bits per heavy atom. The second-order valence-corrected chi connectivity index (χ2v) is 13.1. The molecule has 0 bridgehead atoms. The lowest BCUT2D eigenvalue weighted by atomic mass is 9.78. The minimum Gasteiger partial charge on any atom is -0.491 e. The largest absolute Gasteiger partial charge is 0.491 e. The number of halogens is 3. The van der Waals surface area contributed by atoms with E-state index in [0.29, 0.717) is 12.0 Å². The first-order valence-electron chi connectivity index (χ1n) is 15.4. The predicted octanol–water partition coefficient (Wildman–Crippen LogP) is 5.92. The number of aryl methyl sites for hydroxylation is 2. The lowest BCUT2D eigenvalue weighted by molar-refractivity contribution is -0.141. The van der Waals surface area contributed by atoms with Crippen molar-refractivity contribution in [3.8, 4) is 16.9 Å². The van der Waals surface area contributed by atoms with Gasteiger partial charge in [-0.25, -0.2) is 4.79 Å². The Bertz CT molecular complexity index is 1620. The highest BCUT2D eigenvalue weighted by atomic mass is 19.4. The van der Waals surface area contributed by atoms with Crippen LogP contribution in [0.5, 0.6) is 5.75 Å². The van der Waals surface area contributed by atoms with E-state index < -0.39 is 29.5 Å². The average molecular weight is 631 g/mol. The molecule has 1 aliphatic heterocycles. The van der Waals surface area contributed by atoms with Gasteiger partial charge in [-0.2, -0.15) is 18.3 Å². The minimum atomic E-state index is -4.71. The highest BCUT2D eigenvalue weighted by molar-refractivity contribution is 6.03. The van der Waals surface area contributed by atoms with Gasteiger partial charge in [-0.3, -0.25) is 14.9 Å². The van der Waals surface area contributed by atoms with Gasteiger partial charge in [0.1, 0.15) is 11.4 Å². The quantitative estimate of drug-likeness (QED) is 0.336. The molecule has 1 amide bonds. The fourth-order valence-electron chi connectivity index (χ4n) is 6.23. The topological polar surface area (TPSA) is 116 Å². The molecule has 45 heavy (non-hydrogen) atoms. The first-order chi connectivity index (χ1) is 21.1. The number of hydrogen-bond acceptors (Lipinski definition) is 6. The molecule has 1 atom stereocenters. The number of alkyl carbamates (subject to hydrolysis) is 1. The van der Waals surface area contributed by atoms with Crippen molar-refractivity contribution >= 4 is 11.9 Å². The Morgan fingerprint density at radius 1 is 1.11 bits per heavy atom. The number of rotatable bonds is 7. The second kappa shape index (κ2) is 12.4. The highest BCUT2D eigenvalue weighted by Gasteiger charge is 2.40. The summed E-state index contributed by atoms with van der Waals surface area (Å²) in [5, 5.41) is 15.0. The number of ketones is 1. The summed E-state index contributed by atoms with van der Waals surface area (Å²) < 4.78 is 58.5. The standard InChI is InChI=1S/C32H41F3N6O4/c1-6-41-17-25(28(38-41)32(33,34)35)23-14-20(16-40-12-11-39(5)29(40)36)15-24-26(42)21(18-44-27(23)24)13-19-7-9-22(10-8-19)37-30(43)45-31(2,3)4/h11-12,14-15,17,19,21-22,36H,6-10,13,16,18H2,1-5H3,(H,37,43)/t19?,21-,22?/m0/s1. The Hall–Kier alpha value is -4.03. The van der Waals surface area contributed by atoms with E-state index in [2.05, 4.69) is 10.4 Å². The van der Waals surface area contributed by atoms with Gasteiger partial charge < -0.3 is 23.9 Å². The molecule has 5 rings (SSSR count). The van der Waals surface area contributed by atoms with Crippen molar-refractivity contribution in [3.05, 3.63) is 53.2 Å². The van der Waals surface area contributed by atoms with Gasteiger partial charge in [0.2, 0.25) is 5.62 Å². The van der Waals surface area contributed by atoms with Crippen LogP contribution in [0.2, 0.25) is 0 Å². The highest BCUT2D eigenvalue weighted by Crippen LogP contribution is 2.45. The van der Waals surface area contributed by atoms with Crippen LogP contribution in [-0.2, 0) is 31.1 Å². The van der Waals surface area contributed by atoms with Crippen LogP contribution in [0.15, 0.2) is 30.7 Å². The van der Waals surface area contributed by atoms with E-state index in [-0.39, 0.29) is 65.5 Å². The Morgan fingerprint density at radius 2 is 1.80 bits per heavy atom. The molecule has 0 saturated heterocycles. The Balaban J connectivity index is 1.40. The van der Waals surface area contributed by atoms with Crippen molar-refractivity contribution in [2.75, 3.05) is 6.61 Å². The number of aromatic nitrogens is 4. The van der Waals surface area contributed by atoms with Crippen LogP contribution in [0.4, 0.5) is 18.0 Å². The zero-order valence-electron chi connectivity index (χ0n) is 26.3. The van der Waals surface area contributed by atoms with Crippen LogP contribution in [0, 0.1) is 17.2 Å². The third-order valence-electron chi connectivity index (χ3n) is 8.47. The van der Waals surface area contributed by atoms with Gasteiger partial charge in [-0.15, -0.1) is 0 Å². The van der Waals surface area contributed by atoms with Crippen molar-refractivity contribution in [1.29, 1.82) is 5.41 Å². The molecule has 1 aromatic carbocycles. The first kappa shape index (κ1) is 32.4. The number of alkyl halides is 3. The van der Waals surface area contributed by atoms with Gasteiger partial charge in [0.25, 0.3) is 0 Å². The molecule has 1 aliphatic carbocycles. The summed E-state index contributed by atoms with van der Waals surface area (Å²) in [4.78, 5) is 26.2. The van der Waals surface area contributed by atoms with Gasteiger partial charge >= 0.3 is 12.3 Å². The summed E-state index contributed by atoms with van der Waals surface area (Å²) in [6.07, 6.45) is 3.40. The van der Waals surface area contributed by atoms with E-state index in [4.69, 9.17) is 14.9 Å². The van der Waals surface area contributed by atoms with Crippen LogP contribution in [0.1, 0.15) is 81.4 Å². The van der Waals surface area contributed by atoms with Crippen molar-refractivity contribution in [2.24, 2.45) is 18.9 Å². The van der Waals surface area contributed by atoms with E-state index in [9.17, 15) is 22.8 Å². The molecule has 10 nitrogen and oxygen atoms in total. The number of Topliss-reactive ketones (excluding diaryl/α,β-unsaturated/α-hetero) is 1. The lowest BCUT2D eigenvalue weighted by Crippen LogP contribution is -2.41. The van der Waals surface area contributed by atoms with Crippen LogP contribution >= 0.6 is 0 Å². The molecule has 2 N–H and O–H groups in total. The number of fused-ring (bicyclic) bond motifs is 1. The molecule has 2 aliphatic rings. The maximum Gasteiger partial charge on any atom is 0.435 e. The third kappa shape index (κ3) is 7.28. The second-order valence-electron chi connectivity index (χ2n) is 13.1. The molecule has 0 radical (unpaired) electrons. The molecule has 13 heteroatoms. The SMILES string of the molecule is CCn1cc(-c2cc(Cn3ccn(C)c3=N)cc3c2OC[C@H](CC2CCC(NC(=O)OC(C)(C)C)CC2)C3=O)c(C(F)(F)F)n1. The number of amides is 1. The summed E-state index contributed by atoms with van der Waals surface area (Å²) in [7, 11) is 1.73. The van der Waals surface area contributed by atoms with Crippen LogP contribution in [0.25, 0.3) is 11.1 Å². The molecule has 3 heterocycles. The van der Waals surface area contributed by atoms with E-state index in [1.54, 1.807) is 47.6 Å². The number of ether oxygens (including phenoxy) is 2. The van der Waals surface area contributed by atoms with Crippen molar-refractivity contribution in [2.45, 2.75) is 90.7 Å². The summed E-state index contributed by atoms with van der Waals surface area (Å²) in [6.45, 7) is 7.66. The molecule has 1 fully saturated rings. The molecule has 1 saturated carbocycles. The van der Waals surface area contributed by atoms with Gasteiger partial charge in [0.15, 0.2) is 11.5 Å². The molecular formula is C32H41F3N6O4. The van der Waals surface area contributed by atoms with Crippen molar-refractivity contribution in [1.82, 2.24) is 24.2 Å². The van der Waals surface area contributed by atoms with Crippen LogP contribution in [-0.4, -0.2) is 49.0 Å². The summed E-state index contributed by atoms with van der Waals surface area (Å²) in [5.74, 6) is -0.226. The fourth-order valence-corrected chi connectivity index (χ4v) is 6.23. The lowest BCUT2D eigenvalue weighted by Gasteiger charge is -2.33. The number of carbonyl (C=O) groups excluding carboxylic acids is 2. The number of nitrogens with zero attached hydrogens (tertiary/aromatic N) is 4. The average Bonchev–Trinajstić information content (AvgIpc) is 3.54. The molecule has 0 spiro atoms. The van der Waals surface area contributed by atoms with Gasteiger partial charge in [-0.1, -0.05) is 0 Å².